The molecule has 0 aliphatic rings. The van der Waals surface area contributed by atoms with Gasteiger partial charge in [-0.15, -0.1) is 0 Å². The number of hydrogen-bond acceptors (Lipinski definition) is 3. The quantitative estimate of drug-likeness (QED) is 0.543. The van der Waals surface area contributed by atoms with Gasteiger partial charge in [0, 0.05) is 24.6 Å². The molecule has 2 rings (SSSR count). The minimum Gasteiger partial charge on any atom is -0.311 e. The fourth-order valence-electron chi connectivity index (χ4n) is 1.52. The van der Waals surface area contributed by atoms with E-state index in [-0.39, 0.29) is 5.56 Å². The van der Waals surface area contributed by atoms with E-state index in [0.29, 0.717) is 10.9 Å². The summed E-state index contributed by atoms with van der Waals surface area (Å²) < 4.78 is 14.5. The van der Waals surface area contributed by atoms with E-state index in [1.54, 1.807) is 0 Å². The molecule has 82 valence electrons. The molecule has 1 aromatic heterocycles. The molecule has 6 heteroatoms. The highest BCUT2D eigenvalue weighted by molar-refractivity contribution is 5.81. The van der Waals surface area contributed by atoms with Crippen molar-refractivity contribution in [1.82, 2.24) is 4.57 Å². The average molecular weight is 222 g/mol. The second-order valence-electron chi connectivity index (χ2n) is 3.35. The van der Waals surface area contributed by atoms with Gasteiger partial charge in [0.05, 0.1) is 10.4 Å². The first-order chi connectivity index (χ1) is 7.50. The van der Waals surface area contributed by atoms with Crippen LogP contribution < -0.4 is 5.56 Å². The van der Waals surface area contributed by atoms with Crippen molar-refractivity contribution in [2.45, 2.75) is 0 Å². The van der Waals surface area contributed by atoms with E-state index in [1.165, 1.54) is 23.7 Å². The van der Waals surface area contributed by atoms with E-state index >= 15 is 0 Å². The Labute approximate surface area is 88.9 Å². The molecule has 2 aromatic rings. The van der Waals surface area contributed by atoms with Crippen molar-refractivity contribution in [3.8, 4) is 0 Å². The fraction of sp³-hybridized carbons (Fsp3) is 0.100. The van der Waals surface area contributed by atoms with E-state index in [1.807, 2.05) is 0 Å². The minimum absolute atomic E-state index is 0.298. The zero-order chi connectivity index (χ0) is 11.9. The van der Waals surface area contributed by atoms with Gasteiger partial charge in [0.25, 0.3) is 5.56 Å². The molecular formula is C10H7FN2O3. The van der Waals surface area contributed by atoms with Crippen LogP contribution in [-0.4, -0.2) is 9.49 Å². The zero-order valence-electron chi connectivity index (χ0n) is 8.31. The molecule has 16 heavy (non-hydrogen) atoms. The Morgan fingerprint density at radius 1 is 1.38 bits per heavy atom. The predicted octanol–water partition coefficient (Wildman–Crippen LogP) is 1.59. The smallest absolute Gasteiger partial charge is 0.306 e. The first-order valence-corrected chi connectivity index (χ1v) is 4.44. The Morgan fingerprint density at radius 2 is 2.06 bits per heavy atom. The van der Waals surface area contributed by atoms with Crippen LogP contribution in [0.4, 0.5) is 10.1 Å². The third kappa shape index (κ3) is 1.44. The van der Waals surface area contributed by atoms with Crippen molar-refractivity contribution in [2.75, 3.05) is 0 Å². The van der Waals surface area contributed by atoms with E-state index < -0.39 is 16.4 Å². The van der Waals surface area contributed by atoms with Gasteiger partial charge in [0.1, 0.15) is 0 Å². The van der Waals surface area contributed by atoms with Crippen LogP contribution in [0.25, 0.3) is 10.9 Å². The van der Waals surface area contributed by atoms with Crippen LogP contribution in [0.3, 0.4) is 0 Å². The van der Waals surface area contributed by atoms with E-state index in [2.05, 4.69) is 0 Å². The predicted molar refractivity (Wildman–Crippen MR) is 55.8 cm³/mol. The van der Waals surface area contributed by atoms with Crippen LogP contribution in [-0.2, 0) is 7.05 Å². The molecule has 0 radical (unpaired) electrons. The van der Waals surface area contributed by atoms with Crippen LogP contribution >= 0.6 is 0 Å². The highest BCUT2D eigenvalue weighted by atomic mass is 19.1. The number of benzene rings is 1. The Bertz CT molecular complexity index is 648. The Kier molecular flexibility index (Phi) is 2.19. The summed E-state index contributed by atoms with van der Waals surface area (Å²) in [4.78, 5) is 21.0. The lowest BCUT2D eigenvalue weighted by molar-refractivity contribution is -0.387. The van der Waals surface area contributed by atoms with Gasteiger partial charge >= 0.3 is 5.69 Å². The van der Waals surface area contributed by atoms with Gasteiger partial charge in [0.15, 0.2) is 0 Å². The Balaban J connectivity index is 2.91. The van der Waals surface area contributed by atoms with Gasteiger partial charge in [-0.25, -0.2) is 0 Å². The number of nitro groups is 1. The first-order valence-electron chi connectivity index (χ1n) is 4.44. The molecule has 0 fully saturated rings. The average Bonchev–Trinajstić information content (AvgIpc) is 2.23. The number of halogens is 1. The van der Waals surface area contributed by atoms with Crippen molar-refractivity contribution >= 4 is 16.6 Å². The number of fused-ring (bicyclic) bond motifs is 1. The SMILES string of the molecule is Cn1c(=O)ccc2cc(F)c([N+](=O)[O-])cc21. The summed E-state index contributed by atoms with van der Waals surface area (Å²) in [6.07, 6.45) is 0. The zero-order valence-corrected chi connectivity index (χ0v) is 8.31. The molecule has 0 unspecified atom stereocenters. The highest BCUT2D eigenvalue weighted by Crippen LogP contribution is 2.23. The maximum atomic E-state index is 13.3. The summed E-state index contributed by atoms with van der Waals surface area (Å²) in [5.74, 6) is -0.906. The lowest BCUT2D eigenvalue weighted by Crippen LogP contribution is -2.15. The summed E-state index contributed by atoms with van der Waals surface area (Å²) in [5.41, 5.74) is -0.595. The van der Waals surface area contributed by atoms with E-state index in [4.69, 9.17) is 0 Å². The molecular weight excluding hydrogens is 215 g/mol. The van der Waals surface area contributed by atoms with Crippen LogP contribution in [0.15, 0.2) is 29.1 Å². The number of pyridine rings is 1. The maximum Gasteiger partial charge on any atom is 0.306 e. The van der Waals surface area contributed by atoms with Crippen molar-refractivity contribution in [3.63, 3.8) is 0 Å². The van der Waals surface area contributed by atoms with Gasteiger partial charge in [0.2, 0.25) is 5.82 Å². The minimum atomic E-state index is -0.906. The second kappa shape index (κ2) is 3.41. The number of aryl methyl sites for hydroxylation is 1. The lowest BCUT2D eigenvalue weighted by Gasteiger charge is -2.04. The van der Waals surface area contributed by atoms with Crippen molar-refractivity contribution < 1.29 is 9.31 Å². The Morgan fingerprint density at radius 3 is 2.69 bits per heavy atom. The third-order valence-corrected chi connectivity index (χ3v) is 2.39. The topological polar surface area (TPSA) is 65.1 Å². The van der Waals surface area contributed by atoms with Crippen LogP contribution in [0, 0.1) is 15.9 Å². The first kappa shape index (κ1) is 10.3. The summed E-state index contributed by atoms with van der Waals surface area (Å²) in [6, 6.07) is 4.83. The molecule has 1 aromatic carbocycles. The molecule has 1 heterocycles. The second-order valence-corrected chi connectivity index (χ2v) is 3.35. The summed E-state index contributed by atoms with van der Waals surface area (Å²) in [5, 5.41) is 11.0. The molecule has 0 aliphatic heterocycles. The normalized spacial score (nSPS) is 10.6. The van der Waals surface area contributed by atoms with E-state index in [9.17, 15) is 19.3 Å². The Hall–Kier alpha value is -2.24. The van der Waals surface area contributed by atoms with Gasteiger partial charge in [-0.3, -0.25) is 14.9 Å². The van der Waals surface area contributed by atoms with Crippen LogP contribution in [0.2, 0.25) is 0 Å². The monoisotopic (exact) mass is 222 g/mol. The maximum absolute atomic E-state index is 13.3. The fourth-order valence-corrected chi connectivity index (χ4v) is 1.52. The van der Waals surface area contributed by atoms with Crippen LogP contribution in [0.1, 0.15) is 0 Å². The molecule has 0 bridgehead atoms. The lowest BCUT2D eigenvalue weighted by atomic mass is 10.2. The van der Waals surface area contributed by atoms with Crippen molar-refractivity contribution in [1.29, 1.82) is 0 Å². The number of nitro benzene ring substituents is 1. The van der Waals surface area contributed by atoms with Gasteiger partial charge in [-0.2, -0.15) is 4.39 Å². The number of aromatic nitrogens is 1. The highest BCUT2D eigenvalue weighted by Gasteiger charge is 2.16. The number of nitrogens with zero attached hydrogens (tertiary/aromatic N) is 2. The van der Waals surface area contributed by atoms with Crippen molar-refractivity contribution in [2.24, 2.45) is 7.05 Å². The van der Waals surface area contributed by atoms with Crippen molar-refractivity contribution in [3.05, 3.63) is 50.6 Å². The number of hydrogen-bond donors (Lipinski definition) is 0. The molecule has 5 nitrogen and oxygen atoms in total. The van der Waals surface area contributed by atoms with Gasteiger partial charge in [-0.1, -0.05) is 0 Å². The van der Waals surface area contributed by atoms with Crippen LogP contribution in [0.5, 0.6) is 0 Å². The molecule has 0 N–H and O–H groups in total. The van der Waals surface area contributed by atoms with E-state index in [0.717, 1.165) is 12.1 Å². The summed E-state index contributed by atoms with van der Waals surface area (Å²) >= 11 is 0. The van der Waals surface area contributed by atoms with Gasteiger partial charge in [-0.05, 0) is 12.1 Å². The molecule has 0 atom stereocenters. The molecule has 0 spiro atoms. The molecule has 0 saturated carbocycles. The summed E-state index contributed by atoms with van der Waals surface area (Å²) in [6.45, 7) is 0. The molecule has 0 aliphatic carbocycles. The third-order valence-electron chi connectivity index (χ3n) is 2.39. The largest absolute Gasteiger partial charge is 0.311 e. The van der Waals surface area contributed by atoms with Gasteiger partial charge < -0.3 is 4.57 Å². The standard InChI is InChI=1S/C10H7FN2O3/c1-12-8-5-9(13(15)16)7(11)4-6(8)2-3-10(12)14/h2-5H,1H3. The number of rotatable bonds is 1. The molecule has 0 saturated heterocycles. The summed E-state index contributed by atoms with van der Waals surface area (Å²) in [7, 11) is 1.48. The molecule has 0 amide bonds.